The molecule has 0 amide bonds. The summed E-state index contributed by atoms with van der Waals surface area (Å²) in [6.07, 6.45) is 9.07. The number of benzene rings is 9. The van der Waals surface area contributed by atoms with Gasteiger partial charge in [-0.05, 0) is 155 Å². The van der Waals surface area contributed by atoms with Crippen LogP contribution in [0.2, 0.25) is 0 Å². The first kappa shape index (κ1) is 59.2. The van der Waals surface area contributed by atoms with Crippen LogP contribution in [0.4, 0.5) is 17.1 Å². The van der Waals surface area contributed by atoms with E-state index in [0.29, 0.717) is 48.4 Å². The van der Waals surface area contributed by atoms with Crippen LogP contribution in [0.1, 0.15) is 148 Å². The predicted octanol–water partition coefficient (Wildman–Crippen LogP) is 19.2. The standard InChI is InChI=1S/C79H75NO4/c1-57(2)19-17-21-59(5)51-53-83-77-56-67(78(84-54-52-60(6)22-18-20-58(3)4)55-66(77)45-39-64-40-47-70(48-41-64)80(68-23-9-7-10-24-68)69-25-11-8-12-26-69)46-50-76-73-29-15-13-27-71(73)75(72-28-14-16-30-74(72)76)49-42-62-34-31-61(32-35-62)33-36-63-37-43-65(44-38-63)79(81)82/h7-16,23-32,34-35,37-38,40-41,43-44,47-48,55-60H,17-22,51-54H2,1-6H3,(H,81,82). The molecule has 0 heterocycles. The number of carbonyl (C=O) groups is 1. The Labute approximate surface area is 499 Å². The lowest BCUT2D eigenvalue weighted by molar-refractivity contribution is 0.0696. The van der Waals surface area contributed by atoms with Crippen LogP contribution in [-0.4, -0.2) is 24.3 Å². The Kier molecular flexibility index (Phi) is 20.8. The van der Waals surface area contributed by atoms with E-state index < -0.39 is 5.97 Å². The van der Waals surface area contributed by atoms with Gasteiger partial charge in [-0.3, -0.25) is 0 Å². The molecular weight excluding hydrogens is 1030 g/mol. The second-order valence-corrected chi connectivity index (χ2v) is 22.8. The van der Waals surface area contributed by atoms with Crippen molar-refractivity contribution in [3.8, 4) is 58.9 Å². The molecule has 1 N–H and O–H groups in total. The summed E-state index contributed by atoms with van der Waals surface area (Å²) in [5.41, 5.74) is 10.1. The van der Waals surface area contributed by atoms with E-state index in [2.05, 4.69) is 227 Å². The van der Waals surface area contributed by atoms with E-state index in [9.17, 15) is 9.90 Å². The van der Waals surface area contributed by atoms with E-state index in [1.165, 1.54) is 38.5 Å². The summed E-state index contributed by atoms with van der Waals surface area (Å²) in [5.74, 6) is 30.6. The predicted molar refractivity (Wildman–Crippen MR) is 349 cm³/mol. The Balaban J connectivity index is 1.08. The van der Waals surface area contributed by atoms with Crippen LogP contribution in [-0.2, 0) is 0 Å². The van der Waals surface area contributed by atoms with Crippen LogP contribution in [0.25, 0.3) is 21.5 Å². The van der Waals surface area contributed by atoms with Gasteiger partial charge in [-0.1, -0.05) is 212 Å². The molecule has 420 valence electrons. The molecule has 84 heavy (non-hydrogen) atoms. The second kappa shape index (κ2) is 29.5. The highest BCUT2D eigenvalue weighted by Gasteiger charge is 2.17. The molecule has 0 radical (unpaired) electrons. The summed E-state index contributed by atoms with van der Waals surface area (Å²) in [7, 11) is 0. The van der Waals surface area contributed by atoms with Crippen molar-refractivity contribution in [2.75, 3.05) is 18.1 Å². The van der Waals surface area contributed by atoms with Crippen molar-refractivity contribution in [2.24, 2.45) is 23.7 Å². The van der Waals surface area contributed by atoms with E-state index in [-0.39, 0.29) is 5.56 Å². The van der Waals surface area contributed by atoms with Gasteiger partial charge in [-0.25, -0.2) is 4.79 Å². The van der Waals surface area contributed by atoms with Crippen LogP contribution in [0.15, 0.2) is 194 Å². The molecule has 0 fully saturated rings. The monoisotopic (exact) mass is 1100 g/mol. The number of hydrogen-bond acceptors (Lipinski definition) is 4. The fraction of sp³-hybridized carbons (Fsp3) is 0.253. The molecule has 0 saturated carbocycles. The molecule has 0 saturated heterocycles. The summed E-state index contributed by atoms with van der Waals surface area (Å²) in [5, 5.41) is 13.3. The van der Waals surface area contributed by atoms with Crippen molar-refractivity contribution < 1.29 is 19.4 Å². The van der Waals surface area contributed by atoms with Gasteiger partial charge in [0.1, 0.15) is 11.5 Å². The summed E-state index contributed by atoms with van der Waals surface area (Å²) < 4.78 is 13.7. The number of para-hydroxylation sites is 2. The molecule has 0 aliphatic heterocycles. The van der Waals surface area contributed by atoms with Gasteiger partial charge < -0.3 is 19.5 Å². The third-order valence-corrected chi connectivity index (χ3v) is 15.2. The van der Waals surface area contributed by atoms with Gasteiger partial charge in [-0.15, -0.1) is 0 Å². The molecule has 0 aromatic heterocycles. The number of aromatic carboxylic acids is 1. The maximum atomic E-state index is 11.3. The SMILES string of the molecule is CC(C)CCCC(C)CCOc1cc(C#Cc2c3ccccc3c(C#Cc3ccc(C#Cc4ccc(C(=O)O)cc4)cc3)c3ccccc23)c(OCCC(C)CCCC(C)C)cc1C#Cc1ccc(N(c2ccccc2)c2ccccc2)cc1. The molecule has 0 bridgehead atoms. The lowest BCUT2D eigenvalue weighted by atomic mass is 9.91. The van der Waals surface area contributed by atoms with Crippen molar-refractivity contribution in [1.29, 1.82) is 0 Å². The molecule has 0 aliphatic rings. The number of carboxylic acids is 1. The van der Waals surface area contributed by atoms with E-state index in [1.807, 2.05) is 36.4 Å². The van der Waals surface area contributed by atoms with Gasteiger partial charge in [-0.2, -0.15) is 0 Å². The average Bonchev–Trinajstić information content (AvgIpc) is 2.28. The fourth-order valence-electron chi connectivity index (χ4n) is 10.3. The number of hydrogen-bond donors (Lipinski definition) is 1. The summed E-state index contributed by atoms with van der Waals surface area (Å²) in [6, 6.07) is 64.7. The maximum absolute atomic E-state index is 11.3. The maximum Gasteiger partial charge on any atom is 0.335 e. The average molecular weight is 1100 g/mol. The van der Waals surface area contributed by atoms with Crippen molar-refractivity contribution in [2.45, 2.75) is 92.9 Å². The van der Waals surface area contributed by atoms with Crippen LogP contribution in [0.5, 0.6) is 11.5 Å². The summed E-state index contributed by atoms with van der Waals surface area (Å²) >= 11 is 0. The highest BCUT2D eigenvalue weighted by Crippen LogP contribution is 2.36. The molecule has 0 spiro atoms. The normalized spacial score (nSPS) is 11.5. The minimum Gasteiger partial charge on any atom is -0.492 e. The highest BCUT2D eigenvalue weighted by molar-refractivity contribution is 6.10. The molecule has 2 atom stereocenters. The molecular formula is C79H75NO4. The topological polar surface area (TPSA) is 59.0 Å². The van der Waals surface area contributed by atoms with E-state index >= 15 is 0 Å². The molecule has 9 aromatic rings. The van der Waals surface area contributed by atoms with Gasteiger partial charge in [0.25, 0.3) is 0 Å². The smallest absolute Gasteiger partial charge is 0.335 e. The lowest BCUT2D eigenvalue weighted by Gasteiger charge is -2.25. The Bertz CT molecular complexity index is 3830. The Hall–Kier alpha value is -9.39. The van der Waals surface area contributed by atoms with Crippen molar-refractivity contribution >= 4 is 44.6 Å². The number of fused-ring (bicyclic) bond motifs is 2. The number of anilines is 3. The minimum absolute atomic E-state index is 0.232. The third kappa shape index (κ3) is 16.4. The minimum atomic E-state index is -0.960. The Morgan fingerprint density at radius 3 is 1.13 bits per heavy atom. The Morgan fingerprint density at radius 1 is 0.393 bits per heavy atom. The number of carboxylic acid groups (broad SMARTS) is 1. The van der Waals surface area contributed by atoms with E-state index in [0.717, 1.165) is 96.0 Å². The zero-order valence-corrected chi connectivity index (χ0v) is 49.5. The van der Waals surface area contributed by atoms with Crippen LogP contribution in [0, 0.1) is 71.0 Å². The quantitative estimate of drug-likeness (QED) is 0.0609. The summed E-state index contributed by atoms with van der Waals surface area (Å²) in [4.78, 5) is 13.6. The first-order chi connectivity index (χ1) is 40.9. The molecule has 9 rings (SSSR count). The van der Waals surface area contributed by atoms with Crippen molar-refractivity contribution in [3.05, 3.63) is 244 Å². The first-order valence-electron chi connectivity index (χ1n) is 29.8. The Morgan fingerprint density at radius 2 is 0.726 bits per heavy atom. The summed E-state index contributed by atoms with van der Waals surface area (Å²) in [6.45, 7) is 15.0. The largest absolute Gasteiger partial charge is 0.492 e. The number of ether oxygens (including phenoxy) is 2. The van der Waals surface area contributed by atoms with Gasteiger partial charge in [0.2, 0.25) is 0 Å². The van der Waals surface area contributed by atoms with Crippen molar-refractivity contribution in [1.82, 2.24) is 0 Å². The third-order valence-electron chi connectivity index (χ3n) is 15.2. The van der Waals surface area contributed by atoms with E-state index in [4.69, 9.17) is 9.47 Å². The number of rotatable bonds is 20. The van der Waals surface area contributed by atoms with Crippen LogP contribution < -0.4 is 14.4 Å². The molecule has 5 heteroatoms. The molecule has 5 nitrogen and oxygen atoms in total. The second-order valence-electron chi connectivity index (χ2n) is 22.8. The number of nitrogens with zero attached hydrogens (tertiary/aromatic N) is 1. The van der Waals surface area contributed by atoms with Gasteiger partial charge in [0.05, 0.1) is 29.9 Å². The zero-order chi connectivity index (χ0) is 58.6. The zero-order valence-electron chi connectivity index (χ0n) is 49.5. The highest BCUT2D eigenvalue weighted by atomic mass is 16.5. The fourth-order valence-corrected chi connectivity index (χ4v) is 10.3. The van der Waals surface area contributed by atoms with Crippen molar-refractivity contribution in [3.63, 3.8) is 0 Å². The van der Waals surface area contributed by atoms with Gasteiger partial charge in [0.15, 0.2) is 0 Å². The van der Waals surface area contributed by atoms with Gasteiger partial charge >= 0.3 is 5.97 Å². The lowest BCUT2D eigenvalue weighted by Crippen LogP contribution is -2.09. The van der Waals surface area contributed by atoms with Gasteiger partial charge in [0, 0.05) is 62.6 Å². The first-order valence-corrected chi connectivity index (χ1v) is 29.8. The van der Waals surface area contributed by atoms with Crippen LogP contribution in [0.3, 0.4) is 0 Å². The molecule has 0 aliphatic carbocycles. The van der Waals surface area contributed by atoms with Crippen LogP contribution >= 0.6 is 0 Å². The molecule has 2 unspecified atom stereocenters. The molecule has 9 aromatic carbocycles. The van der Waals surface area contributed by atoms with E-state index in [1.54, 1.807) is 24.3 Å².